The van der Waals surface area contributed by atoms with E-state index in [1.807, 2.05) is 37.0 Å². The first-order valence-corrected chi connectivity index (χ1v) is 16.8. The van der Waals surface area contributed by atoms with Crippen LogP contribution in [0, 0.1) is 23.6 Å². The average molecular weight is 690 g/mol. The molecule has 2 N–H and O–H groups in total. The number of amides is 1. The highest BCUT2D eigenvalue weighted by Crippen LogP contribution is 2.41. The smallest absolute Gasteiger partial charge is 0.319 e. The number of carbonyl (C=O) groups excluding carboxylic acids is 1. The van der Waals surface area contributed by atoms with E-state index in [1.54, 1.807) is 23.1 Å². The lowest BCUT2D eigenvalue weighted by atomic mass is 9.95. The van der Waals surface area contributed by atoms with Gasteiger partial charge >= 0.3 is 6.01 Å². The van der Waals surface area contributed by atoms with Gasteiger partial charge in [-0.2, -0.15) is 9.97 Å². The lowest BCUT2D eigenvalue weighted by Gasteiger charge is -2.40. The van der Waals surface area contributed by atoms with Crippen molar-refractivity contribution in [3.05, 3.63) is 41.3 Å². The van der Waals surface area contributed by atoms with E-state index in [9.17, 15) is 9.18 Å². The standard InChI is InChI=1S/C35H38ClF2N9O2/c1-44(2)11-5-9-27(48)46-17-21(18-46)16-45(3)33-24-15-40-32(31-28-22(13-26(39)41-31)7-4-8-25(28)36)29(38)30(24)42-34(43-33)49-20-35-10-6-12-47(35)19-23(37)14-35/h4,7-8,13,15,21,23H,6,10-12,14,16-20H2,1-3H3,(H2,39,41)/t23-,35+/m1/s1. The number of nitrogens with two attached hydrogens (primary N) is 1. The van der Waals surface area contributed by atoms with Gasteiger partial charge in [0.05, 0.1) is 22.5 Å². The fourth-order valence-corrected chi connectivity index (χ4v) is 7.60. The number of rotatable bonds is 8. The van der Waals surface area contributed by atoms with Crippen LogP contribution >= 0.6 is 11.6 Å². The van der Waals surface area contributed by atoms with Gasteiger partial charge in [0, 0.05) is 57.1 Å². The Morgan fingerprint density at radius 2 is 2.00 bits per heavy atom. The zero-order valence-corrected chi connectivity index (χ0v) is 28.5. The second-order valence-electron chi connectivity index (χ2n) is 13.6. The first-order valence-electron chi connectivity index (χ1n) is 16.4. The quantitative estimate of drug-likeness (QED) is 0.272. The molecular weight excluding hydrogens is 652 g/mol. The number of fused-ring (bicyclic) bond motifs is 3. The molecule has 11 nitrogen and oxygen atoms in total. The maximum Gasteiger partial charge on any atom is 0.319 e. The van der Waals surface area contributed by atoms with Crippen molar-refractivity contribution in [2.24, 2.45) is 5.92 Å². The molecule has 1 aromatic carbocycles. The Labute approximate surface area is 288 Å². The van der Waals surface area contributed by atoms with Crippen molar-refractivity contribution in [3.8, 4) is 29.2 Å². The lowest BCUT2D eigenvalue weighted by molar-refractivity contribution is -0.130. The highest BCUT2D eigenvalue weighted by atomic mass is 35.5. The van der Waals surface area contributed by atoms with Crippen molar-refractivity contribution in [1.29, 1.82) is 0 Å². The maximum atomic E-state index is 16.7. The van der Waals surface area contributed by atoms with Crippen molar-refractivity contribution >= 4 is 50.8 Å². The van der Waals surface area contributed by atoms with Crippen LogP contribution < -0.4 is 15.4 Å². The molecule has 256 valence electrons. The van der Waals surface area contributed by atoms with Gasteiger partial charge in [0.1, 0.15) is 41.3 Å². The van der Waals surface area contributed by atoms with E-state index >= 15 is 4.39 Å². The molecule has 3 aliphatic heterocycles. The molecule has 3 fully saturated rings. The Morgan fingerprint density at radius 3 is 2.80 bits per heavy atom. The number of pyridine rings is 2. The van der Waals surface area contributed by atoms with Crippen molar-refractivity contribution in [1.82, 2.24) is 34.6 Å². The van der Waals surface area contributed by atoms with Crippen LogP contribution in [0.4, 0.5) is 20.4 Å². The van der Waals surface area contributed by atoms with Gasteiger partial charge in [-0.3, -0.25) is 19.6 Å². The summed E-state index contributed by atoms with van der Waals surface area (Å²) in [5, 5.41) is 1.98. The third kappa shape index (κ3) is 6.40. The topological polar surface area (TPSA) is 117 Å². The minimum Gasteiger partial charge on any atom is -0.461 e. The summed E-state index contributed by atoms with van der Waals surface area (Å²) in [6.07, 6.45) is 2.74. The van der Waals surface area contributed by atoms with Gasteiger partial charge in [-0.1, -0.05) is 29.7 Å². The van der Waals surface area contributed by atoms with Crippen LogP contribution in [0.15, 0.2) is 30.5 Å². The van der Waals surface area contributed by atoms with E-state index < -0.39 is 17.5 Å². The number of hydrogen-bond donors (Lipinski definition) is 1. The molecule has 1 amide bonds. The van der Waals surface area contributed by atoms with Crippen LogP contribution in [-0.2, 0) is 4.79 Å². The fourth-order valence-electron chi connectivity index (χ4n) is 7.33. The summed E-state index contributed by atoms with van der Waals surface area (Å²) >= 11 is 6.57. The molecule has 0 radical (unpaired) electrons. The molecule has 0 spiro atoms. The van der Waals surface area contributed by atoms with Gasteiger partial charge in [-0.05, 0) is 56.9 Å². The van der Waals surface area contributed by atoms with Crippen LogP contribution in [0.3, 0.4) is 0 Å². The molecule has 4 aromatic rings. The number of aromatic nitrogens is 4. The lowest BCUT2D eigenvalue weighted by Crippen LogP contribution is -2.53. The fraction of sp³-hybridized carbons (Fsp3) is 0.457. The molecular formula is C35H38ClF2N9O2. The number of carbonyl (C=O) groups is 1. The number of ether oxygens (including phenoxy) is 1. The average Bonchev–Trinajstić information content (AvgIpc) is 3.56. The molecule has 0 aliphatic carbocycles. The van der Waals surface area contributed by atoms with Gasteiger partial charge < -0.3 is 20.3 Å². The molecule has 6 heterocycles. The number of nitrogens with zero attached hydrogens (tertiary/aromatic N) is 8. The van der Waals surface area contributed by atoms with Crippen molar-refractivity contribution in [2.75, 3.05) is 77.7 Å². The molecule has 7 rings (SSSR count). The van der Waals surface area contributed by atoms with Crippen molar-refractivity contribution < 1.29 is 18.3 Å². The predicted octanol–water partition coefficient (Wildman–Crippen LogP) is 4.03. The SMILES string of the molecule is CN(C)CC#CC(=O)N1CC(CN(C)c2nc(OC[C@@]34CCCN3C[C@H](F)C4)nc3c(F)c(-c4nc(N)cc5cccc(Cl)c45)ncc23)C1. The Kier molecular flexibility index (Phi) is 8.89. The number of alkyl halides is 1. The summed E-state index contributed by atoms with van der Waals surface area (Å²) in [6.45, 7) is 3.50. The van der Waals surface area contributed by atoms with E-state index in [0.29, 0.717) is 66.1 Å². The zero-order chi connectivity index (χ0) is 34.4. The Morgan fingerprint density at radius 1 is 1.18 bits per heavy atom. The van der Waals surface area contributed by atoms with Crippen LogP contribution in [0.2, 0.25) is 5.02 Å². The van der Waals surface area contributed by atoms with Gasteiger partial charge in [0.2, 0.25) is 0 Å². The van der Waals surface area contributed by atoms with Gasteiger partial charge in [-0.25, -0.2) is 13.8 Å². The van der Waals surface area contributed by atoms with Crippen LogP contribution in [0.5, 0.6) is 6.01 Å². The molecule has 3 aliphatic rings. The van der Waals surface area contributed by atoms with E-state index in [2.05, 4.69) is 31.7 Å². The number of hydrogen-bond acceptors (Lipinski definition) is 10. The second kappa shape index (κ2) is 13.2. The highest BCUT2D eigenvalue weighted by Gasteiger charge is 2.49. The molecule has 3 aromatic heterocycles. The summed E-state index contributed by atoms with van der Waals surface area (Å²) in [5.74, 6) is 5.42. The third-order valence-corrected chi connectivity index (χ3v) is 9.97. The Balaban J connectivity index is 1.22. The zero-order valence-electron chi connectivity index (χ0n) is 27.7. The number of benzene rings is 1. The molecule has 0 saturated carbocycles. The summed E-state index contributed by atoms with van der Waals surface area (Å²) in [4.78, 5) is 38.4. The summed E-state index contributed by atoms with van der Waals surface area (Å²) in [5.41, 5.74) is 5.82. The predicted molar refractivity (Wildman–Crippen MR) is 186 cm³/mol. The molecule has 2 atom stereocenters. The number of likely N-dealkylation sites (tertiary alicyclic amines) is 1. The van der Waals surface area contributed by atoms with Crippen LogP contribution in [-0.4, -0.2) is 119 Å². The molecule has 14 heteroatoms. The maximum absolute atomic E-state index is 16.7. The minimum absolute atomic E-state index is 0.00146. The van der Waals surface area contributed by atoms with Gasteiger partial charge in [-0.15, -0.1) is 0 Å². The van der Waals surface area contributed by atoms with Gasteiger partial charge in [0.15, 0.2) is 5.82 Å². The van der Waals surface area contributed by atoms with E-state index in [0.717, 1.165) is 19.4 Å². The van der Waals surface area contributed by atoms with Crippen LogP contribution in [0.25, 0.3) is 33.1 Å². The third-order valence-electron chi connectivity index (χ3n) is 9.65. The summed E-state index contributed by atoms with van der Waals surface area (Å²) in [7, 11) is 5.65. The van der Waals surface area contributed by atoms with Crippen molar-refractivity contribution in [3.63, 3.8) is 0 Å². The molecule has 0 unspecified atom stereocenters. The van der Waals surface area contributed by atoms with Gasteiger partial charge in [0.25, 0.3) is 5.91 Å². The van der Waals surface area contributed by atoms with Crippen LogP contribution in [0.1, 0.15) is 19.3 Å². The molecule has 49 heavy (non-hydrogen) atoms. The summed E-state index contributed by atoms with van der Waals surface area (Å²) in [6, 6.07) is 6.97. The number of nitrogen functional groups attached to an aromatic ring is 1. The van der Waals surface area contributed by atoms with E-state index in [1.165, 1.54) is 6.20 Å². The molecule has 3 saturated heterocycles. The summed E-state index contributed by atoms with van der Waals surface area (Å²) < 4.78 is 37.5. The highest BCUT2D eigenvalue weighted by molar-refractivity contribution is 6.36. The number of halogens is 3. The Bertz CT molecular complexity index is 2000. The van der Waals surface area contributed by atoms with E-state index in [4.69, 9.17) is 27.1 Å². The Hall–Kier alpha value is -4.38. The van der Waals surface area contributed by atoms with E-state index in [-0.39, 0.29) is 47.2 Å². The van der Waals surface area contributed by atoms with Crippen molar-refractivity contribution in [2.45, 2.75) is 31.0 Å². The number of anilines is 2. The monoisotopic (exact) mass is 689 g/mol. The second-order valence-corrected chi connectivity index (χ2v) is 14.0. The first kappa shape index (κ1) is 33.1. The normalized spacial score (nSPS) is 20.8. The molecule has 0 bridgehead atoms. The first-order chi connectivity index (χ1) is 23.5. The minimum atomic E-state index is -0.922. The largest absolute Gasteiger partial charge is 0.461 e.